The second kappa shape index (κ2) is 42.8. The number of allylic oxidation sites excluding steroid dienone is 17. The molecule has 0 saturated heterocycles. The summed E-state index contributed by atoms with van der Waals surface area (Å²) in [5, 5.41) is 0. The molecule has 0 radical (unpaired) electrons. The van der Waals surface area contributed by atoms with Gasteiger partial charge in [0.1, 0.15) is 13.2 Å². The van der Waals surface area contributed by atoms with Crippen LogP contribution in [-0.2, 0) is 28.6 Å². The highest BCUT2D eigenvalue weighted by Gasteiger charge is 2.19. The van der Waals surface area contributed by atoms with Crippen molar-refractivity contribution < 1.29 is 28.6 Å². The van der Waals surface area contributed by atoms with Gasteiger partial charge in [0.05, 0.1) is 6.42 Å². The molecular formula is C49H76O6. The van der Waals surface area contributed by atoms with E-state index in [1.54, 1.807) is 6.08 Å². The average molecular weight is 761 g/mol. The molecular weight excluding hydrogens is 685 g/mol. The van der Waals surface area contributed by atoms with Crippen molar-refractivity contribution >= 4 is 17.9 Å². The molecule has 0 spiro atoms. The fourth-order valence-electron chi connectivity index (χ4n) is 5.18. The van der Waals surface area contributed by atoms with Crippen LogP contribution >= 0.6 is 0 Å². The minimum Gasteiger partial charge on any atom is -0.462 e. The van der Waals surface area contributed by atoms with E-state index in [0.717, 1.165) is 122 Å². The molecule has 0 aromatic rings. The molecule has 0 bridgehead atoms. The van der Waals surface area contributed by atoms with Crippen LogP contribution in [-0.4, -0.2) is 37.2 Å². The number of esters is 3. The first-order valence-corrected chi connectivity index (χ1v) is 21.4. The van der Waals surface area contributed by atoms with Gasteiger partial charge in [0.25, 0.3) is 0 Å². The number of carbonyl (C=O) groups is 3. The number of rotatable bonds is 36. The highest BCUT2D eigenvalue weighted by molar-refractivity contribution is 5.72. The van der Waals surface area contributed by atoms with Gasteiger partial charge < -0.3 is 14.2 Å². The highest BCUT2D eigenvalue weighted by atomic mass is 16.6. The largest absolute Gasteiger partial charge is 0.462 e. The monoisotopic (exact) mass is 761 g/mol. The first-order valence-electron chi connectivity index (χ1n) is 21.4. The van der Waals surface area contributed by atoms with Crippen molar-refractivity contribution in [2.45, 2.75) is 168 Å². The van der Waals surface area contributed by atoms with Crippen LogP contribution < -0.4 is 0 Å². The van der Waals surface area contributed by atoms with Gasteiger partial charge in [-0.25, -0.2) is 0 Å². The van der Waals surface area contributed by atoms with E-state index in [-0.39, 0.29) is 38.0 Å². The van der Waals surface area contributed by atoms with E-state index in [9.17, 15) is 14.4 Å². The van der Waals surface area contributed by atoms with Crippen molar-refractivity contribution in [2.75, 3.05) is 13.2 Å². The standard InChI is InChI=1S/C49H76O6/c1-4-7-10-13-16-19-21-23-25-27-30-33-36-39-42-48(51)54-45-46(44-53-47(50)41-38-35-32-29-18-15-12-9-6-3)55-49(52)43-40-37-34-31-28-26-24-22-20-17-14-11-8-5-2/h7-12,16-20,23-26,29,35,38,46H,4-6,13-15,21-22,27-28,30-34,36-37,39-45H2,1-3H3/b10-7-,11-8-,12-9-,19-16-,20-17-,25-23-,26-24-,29-18-,38-35-. The van der Waals surface area contributed by atoms with E-state index >= 15 is 0 Å². The van der Waals surface area contributed by atoms with Crippen LogP contribution in [0.15, 0.2) is 109 Å². The Morgan fingerprint density at radius 3 is 1.16 bits per heavy atom. The summed E-state index contributed by atoms with van der Waals surface area (Å²) in [5.41, 5.74) is 0. The summed E-state index contributed by atoms with van der Waals surface area (Å²) in [6, 6.07) is 0. The van der Waals surface area contributed by atoms with E-state index in [4.69, 9.17) is 14.2 Å². The summed E-state index contributed by atoms with van der Waals surface area (Å²) >= 11 is 0. The molecule has 1 unspecified atom stereocenters. The van der Waals surface area contributed by atoms with Gasteiger partial charge in [-0.2, -0.15) is 0 Å². The van der Waals surface area contributed by atoms with E-state index in [0.29, 0.717) is 6.42 Å². The Hall–Kier alpha value is -3.93. The van der Waals surface area contributed by atoms with Gasteiger partial charge in [-0.3, -0.25) is 14.4 Å². The van der Waals surface area contributed by atoms with Gasteiger partial charge in [0, 0.05) is 12.8 Å². The van der Waals surface area contributed by atoms with Crippen molar-refractivity contribution in [3.05, 3.63) is 109 Å². The molecule has 0 amide bonds. The molecule has 6 nitrogen and oxygen atoms in total. The van der Waals surface area contributed by atoms with Crippen molar-refractivity contribution in [3.63, 3.8) is 0 Å². The molecule has 0 aromatic heterocycles. The Bertz CT molecular complexity index is 1200. The molecule has 0 aromatic carbocycles. The van der Waals surface area contributed by atoms with Crippen LogP contribution in [0.1, 0.15) is 162 Å². The maximum absolute atomic E-state index is 12.7. The molecule has 0 aliphatic heterocycles. The topological polar surface area (TPSA) is 78.9 Å². The molecule has 0 fully saturated rings. The number of hydrogen-bond donors (Lipinski definition) is 0. The third kappa shape index (κ3) is 41.1. The van der Waals surface area contributed by atoms with Gasteiger partial charge >= 0.3 is 17.9 Å². The summed E-state index contributed by atoms with van der Waals surface area (Å²) in [4.78, 5) is 37.6. The summed E-state index contributed by atoms with van der Waals surface area (Å²) < 4.78 is 16.5. The molecule has 6 heteroatoms. The fraction of sp³-hybridized carbons (Fsp3) is 0.571. The van der Waals surface area contributed by atoms with Gasteiger partial charge in [0.2, 0.25) is 0 Å². The number of unbranched alkanes of at least 4 members (excludes halogenated alkanes) is 8. The molecule has 308 valence electrons. The number of carbonyl (C=O) groups excluding carboxylic acids is 3. The van der Waals surface area contributed by atoms with Crippen LogP contribution in [0.25, 0.3) is 0 Å². The van der Waals surface area contributed by atoms with E-state index in [1.807, 2.05) is 6.08 Å². The van der Waals surface area contributed by atoms with Crippen molar-refractivity contribution in [3.8, 4) is 0 Å². The zero-order chi connectivity index (χ0) is 40.1. The molecule has 0 N–H and O–H groups in total. The van der Waals surface area contributed by atoms with Gasteiger partial charge in [-0.05, 0) is 96.3 Å². The first kappa shape index (κ1) is 51.1. The van der Waals surface area contributed by atoms with Crippen LogP contribution in [0.5, 0.6) is 0 Å². The van der Waals surface area contributed by atoms with Crippen LogP contribution in [0.2, 0.25) is 0 Å². The number of hydrogen-bond acceptors (Lipinski definition) is 6. The second-order valence-electron chi connectivity index (χ2n) is 13.5. The highest BCUT2D eigenvalue weighted by Crippen LogP contribution is 2.11. The smallest absolute Gasteiger partial charge is 0.309 e. The summed E-state index contributed by atoms with van der Waals surface area (Å²) in [6.07, 6.45) is 56.8. The molecule has 0 heterocycles. The van der Waals surface area contributed by atoms with E-state index in [2.05, 4.69) is 118 Å². The normalized spacial score (nSPS) is 13.1. The lowest BCUT2D eigenvalue weighted by Gasteiger charge is -2.18. The van der Waals surface area contributed by atoms with Gasteiger partial charge in [-0.1, -0.05) is 156 Å². The molecule has 1 atom stereocenters. The van der Waals surface area contributed by atoms with E-state index in [1.165, 1.54) is 0 Å². The molecule has 0 saturated carbocycles. The SMILES string of the molecule is CC/C=C\C/C=C\C/C=C\CCCCCCC(=O)OCC(COC(=O)C/C=C\C/C=C\C/C=C\CC)OC(=O)CCCCCC/C=C\C/C=C\C/C=C\CC. The lowest BCUT2D eigenvalue weighted by atomic mass is 10.1. The first-order chi connectivity index (χ1) is 27.0. The van der Waals surface area contributed by atoms with Gasteiger partial charge in [0.15, 0.2) is 6.10 Å². The predicted octanol–water partition coefficient (Wildman–Crippen LogP) is 13.6. The van der Waals surface area contributed by atoms with Crippen LogP contribution in [0.3, 0.4) is 0 Å². The lowest BCUT2D eigenvalue weighted by Crippen LogP contribution is -2.30. The van der Waals surface area contributed by atoms with Gasteiger partial charge in [-0.15, -0.1) is 0 Å². The number of ether oxygens (including phenoxy) is 3. The fourth-order valence-corrected chi connectivity index (χ4v) is 5.18. The Morgan fingerprint density at radius 2 is 0.727 bits per heavy atom. The Morgan fingerprint density at radius 1 is 0.382 bits per heavy atom. The van der Waals surface area contributed by atoms with Crippen LogP contribution in [0.4, 0.5) is 0 Å². The third-order valence-electron chi connectivity index (χ3n) is 8.29. The van der Waals surface area contributed by atoms with Crippen molar-refractivity contribution in [1.29, 1.82) is 0 Å². The third-order valence-corrected chi connectivity index (χ3v) is 8.29. The Labute approximate surface area is 336 Å². The molecule has 0 rings (SSSR count). The predicted molar refractivity (Wildman–Crippen MR) is 233 cm³/mol. The minimum absolute atomic E-state index is 0.121. The minimum atomic E-state index is -0.834. The molecule has 0 aliphatic rings. The van der Waals surface area contributed by atoms with Crippen molar-refractivity contribution in [1.82, 2.24) is 0 Å². The summed E-state index contributed by atoms with van der Waals surface area (Å²) in [5.74, 6) is -1.12. The zero-order valence-corrected chi connectivity index (χ0v) is 34.9. The average Bonchev–Trinajstić information content (AvgIpc) is 3.18. The Kier molecular flexibility index (Phi) is 39.7. The van der Waals surface area contributed by atoms with Crippen molar-refractivity contribution in [2.24, 2.45) is 0 Å². The maximum atomic E-state index is 12.7. The summed E-state index contributed by atoms with van der Waals surface area (Å²) in [6.45, 7) is 6.11. The Balaban J connectivity index is 4.54. The van der Waals surface area contributed by atoms with Crippen LogP contribution in [0, 0.1) is 0 Å². The maximum Gasteiger partial charge on any atom is 0.309 e. The second-order valence-corrected chi connectivity index (χ2v) is 13.5. The summed E-state index contributed by atoms with van der Waals surface area (Å²) in [7, 11) is 0. The molecule has 55 heavy (non-hydrogen) atoms. The van der Waals surface area contributed by atoms with E-state index < -0.39 is 12.1 Å². The lowest BCUT2D eigenvalue weighted by molar-refractivity contribution is -0.166. The molecule has 0 aliphatic carbocycles. The zero-order valence-electron chi connectivity index (χ0n) is 34.9. The quantitative estimate of drug-likeness (QED) is 0.0274.